The second-order valence-electron chi connectivity index (χ2n) is 4.37. The minimum absolute atomic E-state index is 0.329. The maximum atomic E-state index is 10.2. The molecule has 1 aromatic carbocycles. The molecule has 112 valence electrons. The highest BCUT2D eigenvalue weighted by Crippen LogP contribution is 2.02. The van der Waals surface area contributed by atoms with Crippen molar-refractivity contribution >= 4 is 11.8 Å². The van der Waals surface area contributed by atoms with E-state index in [0.29, 0.717) is 38.8 Å². The summed E-state index contributed by atoms with van der Waals surface area (Å²) in [5.41, 5.74) is 22.9. The zero-order valence-corrected chi connectivity index (χ0v) is 11.7. The van der Waals surface area contributed by atoms with Crippen LogP contribution in [0.5, 0.6) is 0 Å². The Labute approximate surface area is 119 Å². The second-order valence-corrected chi connectivity index (χ2v) is 4.37. The van der Waals surface area contributed by atoms with E-state index >= 15 is 0 Å². The third kappa shape index (κ3) is 10.0. The van der Waals surface area contributed by atoms with Crippen LogP contribution in [0.25, 0.3) is 0 Å². The topological polar surface area (TPSA) is 138 Å². The molecule has 2 amide bonds. The van der Waals surface area contributed by atoms with Crippen molar-refractivity contribution in [3.63, 3.8) is 0 Å². The van der Waals surface area contributed by atoms with Crippen LogP contribution in [0.1, 0.15) is 36.8 Å². The molecule has 0 saturated carbocycles. The largest absolute Gasteiger partial charge is 0.370 e. The second kappa shape index (κ2) is 11.0. The molecule has 0 saturated heterocycles. The van der Waals surface area contributed by atoms with Crippen LogP contribution in [0.2, 0.25) is 0 Å². The summed E-state index contributed by atoms with van der Waals surface area (Å²) in [7, 11) is 0. The third-order valence-corrected chi connectivity index (χ3v) is 2.56. The van der Waals surface area contributed by atoms with Crippen molar-refractivity contribution in [2.75, 3.05) is 0 Å². The predicted molar refractivity (Wildman–Crippen MR) is 79.1 cm³/mol. The fraction of sp³-hybridized carbons (Fsp3) is 0.429. The number of hydrogen-bond donors (Lipinski definition) is 4. The lowest BCUT2D eigenvalue weighted by Crippen LogP contribution is -2.12. The molecule has 20 heavy (non-hydrogen) atoms. The molecule has 0 radical (unpaired) electrons. The fourth-order valence-electron chi connectivity index (χ4n) is 1.48. The number of rotatable bonds is 7. The Morgan fingerprint density at radius 1 is 0.850 bits per heavy atom. The van der Waals surface area contributed by atoms with E-state index in [1.165, 1.54) is 0 Å². The molecule has 0 unspecified atom stereocenters. The van der Waals surface area contributed by atoms with Gasteiger partial charge in [-0.25, -0.2) is 0 Å². The Kier molecular flexibility index (Phi) is 9.90. The molecule has 8 N–H and O–H groups in total. The molecule has 1 aromatic rings. The SMILES string of the molecule is NC(=O)CCCCC(N)=O.NCc1cccc(CN)c1. The van der Waals surface area contributed by atoms with Crippen molar-refractivity contribution in [2.45, 2.75) is 38.8 Å². The Hall–Kier alpha value is -1.92. The van der Waals surface area contributed by atoms with Crippen LogP contribution in [0, 0.1) is 0 Å². The Morgan fingerprint density at radius 3 is 1.55 bits per heavy atom. The summed E-state index contributed by atoms with van der Waals surface area (Å²) < 4.78 is 0. The summed E-state index contributed by atoms with van der Waals surface area (Å²) in [4.78, 5) is 20.3. The first-order valence-corrected chi connectivity index (χ1v) is 6.54. The number of benzene rings is 1. The van der Waals surface area contributed by atoms with Crippen molar-refractivity contribution < 1.29 is 9.59 Å². The van der Waals surface area contributed by atoms with E-state index < -0.39 is 0 Å². The highest BCUT2D eigenvalue weighted by Gasteiger charge is 1.96. The predicted octanol–water partition coefficient (Wildman–Crippen LogP) is 0.121. The van der Waals surface area contributed by atoms with E-state index in [-0.39, 0.29) is 11.8 Å². The van der Waals surface area contributed by atoms with Crippen molar-refractivity contribution in [1.29, 1.82) is 0 Å². The van der Waals surface area contributed by atoms with Gasteiger partial charge in [0.1, 0.15) is 0 Å². The monoisotopic (exact) mass is 280 g/mol. The summed E-state index contributed by atoms with van der Waals surface area (Å²) in [6.45, 7) is 1.18. The minimum Gasteiger partial charge on any atom is -0.370 e. The van der Waals surface area contributed by atoms with E-state index in [1.807, 2.05) is 24.3 Å². The van der Waals surface area contributed by atoms with Crippen LogP contribution in [0.4, 0.5) is 0 Å². The zero-order valence-electron chi connectivity index (χ0n) is 11.7. The zero-order chi connectivity index (χ0) is 15.4. The highest BCUT2D eigenvalue weighted by atomic mass is 16.1. The number of hydrogen-bond acceptors (Lipinski definition) is 4. The van der Waals surface area contributed by atoms with Gasteiger partial charge in [0.25, 0.3) is 0 Å². The van der Waals surface area contributed by atoms with Gasteiger partial charge in [-0.05, 0) is 24.0 Å². The van der Waals surface area contributed by atoms with Gasteiger partial charge in [-0.3, -0.25) is 9.59 Å². The first-order chi connectivity index (χ1) is 9.49. The molecule has 0 atom stereocenters. The standard InChI is InChI=1S/C8H12N2.C6H12N2O2/c9-5-7-2-1-3-8(4-7)6-10;7-5(9)3-1-2-4-6(8)10/h1-4H,5-6,9-10H2;1-4H2,(H2,7,9)(H2,8,10). The molecule has 0 bridgehead atoms. The van der Waals surface area contributed by atoms with Gasteiger partial charge in [0.2, 0.25) is 11.8 Å². The molecule has 6 nitrogen and oxygen atoms in total. The van der Waals surface area contributed by atoms with Gasteiger partial charge in [-0.2, -0.15) is 0 Å². The van der Waals surface area contributed by atoms with E-state index in [4.69, 9.17) is 22.9 Å². The molecule has 0 aliphatic rings. The number of carbonyl (C=O) groups is 2. The molecular formula is C14H24N4O2. The van der Waals surface area contributed by atoms with E-state index in [2.05, 4.69) is 0 Å². The summed E-state index contributed by atoms with van der Waals surface area (Å²) in [5.74, 6) is -0.658. The smallest absolute Gasteiger partial charge is 0.217 e. The normalized spacial score (nSPS) is 9.50. The van der Waals surface area contributed by atoms with Gasteiger partial charge >= 0.3 is 0 Å². The lowest BCUT2D eigenvalue weighted by Gasteiger charge is -1.98. The average Bonchev–Trinajstić information content (AvgIpc) is 2.44. The quantitative estimate of drug-likeness (QED) is 0.527. The van der Waals surface area contributed by atoms with Crippen molar-refractivity contribution in [3.8, 4) is 0 Å². The van der Waals surface area contributed by atoms with Crippen LogP contribution in [0.3, 0.4) is 0 Å². The third-order valence-electron chi connectivity index (χ3n) is 2.56. The minimum atomic E-state index is -0.329. The van der Waals surface area contributed by atoms with E-state index in [9.17, 15) is 9.59 Å². The van der Waals surface area contributed by atoms with Crippen LogP contribution in [-0.2, 0) is 22.7 Å². The number of primary amides is 2. The van der Waals surface area contributed by atoms with Gasteiger partial charge in [-0.15, -0.1) is 0 Å². The number of carbonyl (C=O) groups excluding carboxylic acids is 2. The first-order valence-electron chi connectivity index (χ1n) is 6.54. The summed E-state index contributed by atoms with van der Waals surface area (Å²) >= 11 is 0. The van der Waals surface area contributed by atoms with E-state index in [1.54, 1.807) is 0 Å². The molecule has 0 spiro atoms. The average molecular weight is 280 g/mol. The molecule has 6 heteroatoms. The van der Waals surface area contributed by atoms with Crippen LogP contribution in [-0.4, -0.2) is 11.8 Å². The Bertz CT molecular complexity index is 386. The van der Waals surface area contributed by atoms with Crippen molar-refractivity contribution in [2.24, 2.45) is 22.9 Å². The molecular weight excluding hydrogens is 256 g/mol. The van der Waals surface area contributed by atoms with E-state index in [0.717, 1.165) is 11.1 Å². The Morgan fingerprint density at radius 2 is 1.25 bits per heavy atom. The summed E-state index contributed by atoms with van der Waals surface area (Å²) in [6, 6.07) is 8.00. The van der Waals surface area contributed by atoms with Gasteiger partial charge in [0, 0.05) is 25.9 Å². The lowest BCUT2D eigenvalue weighted by atomic mass is 10.1. The maximum absolute atomic E-state index is 10.2. The van der Waals surface area contributed by atoms with Crippen LogP contribution >= 0.6 is 0 Å². The van der Waals surface area contributed by atoms with Crippen LogP contribution in [0.15, 0.2) is 24.3 Å². The maximum Gasteiger partial charge on any atom is 0.217 e. The summed E-state index contributed by atoms with van der Waals surface area (Å²) in [6.07, 6.45) is 1.98. The molecule has 1 rings (SSSR count). The van der Waals surface area contributed by atoms with Gasteiger partial charge in [0.15, 0.2) is 0 Å². The fourth-order valence-corrected chi connectivity index (χ4v) is 1.48. The van der Waals surface area contributed by atoms with Gasteiger partial charge < -0.3 is 22.9 Å². The van der Waals surface area contributed by atoms with Gasteiger partial charge in [-0.1, -0.05) is 24.3 Å². The number of nitrogens with two attached hydrogens (primary N) is 4. The highest BCUT2D eigenvalue weighted by molar-refractivity contribution is 5.74. The number of unbranched alkanes of at least 4 members (excludes halogenated alkanes) is 1. The van der Waals surface area contributed by atoms with Crippen molar-refractivity contribution in [3.05, 3.63) is 35.4 Å². The van der Waals surface area contributed by atoms with Gasteiger partial charge in [0.05, 0.1) is 0 Å². The lowest BCUT2D eigenvalue weighted by molar-refractivity contribution is -0.119. The number of amides is 2. The summed E-state index contributed by atoms with van der Waals surface area (Å²) in [5, 5.41) is 0. The molecule has 0 aliphatic carbocycles. The van der Waals surface area contributed by atoms with Crippen molar-refractivity contribution in [1.82, 2.24) is 0 Å². The first kappa shape index (κ1) is 18.1. The molecule has 0 aromatic heterocycles. The van der Waals surface area contributed by atoms with Crippen LogP contribution < -0.4 is 22.9 Å². The Balaban J connectivity index is 0.000000361. The molecule has 0 aliphatic heterocycles. The molecule has 0 fully saturated rings. The molecule has 0 heterocycles.